The van der Waals surface area contributed by atoms with Crippen molar-refractivity contribution in [2.75, 3.05) is 18.4 Å². The predicted molar refractivity (Wildman–Crippen MR) is 114 cm³/mol. The van der Waals surface area contributed by atoms with E-state index in [1.807, 2.05) is 39.8 Å². The highest BCUT2D eigenvalue weighted by Gasteiger charge is 2.37. The topological polar surface area (TPSA) is 54.3 Å². The quantitative estimate of drug-likeness (QED) is 0.817. The fourth-order valence-electron chi connectivity index (χ4n) is 5.58. The van der Waals surface area contributed by atoms with E-state index < -0.39 is 0 Å². The number of fused-ring (bicyclic) bond motifs is 4. The summed E-state index contributed by atoms with van der Waals surface area (Å²) in [5.41, 5.74) is 3.18. The number of hydrogen-bond acceptors (Lipinski definition) is 2. The minimum Gasteiger partial charge on any atom is -0.324 e. The molecule has 3 aliphatic rings. The number of piperidine rings is 1. The lowest BCUT2D eigenvalue weighted by molar-refractivity contribution is 0.139. The molecule has 1 N–H and O–H groups in total. The van der Waals surface area contributed by atoms with Crippen LogP contribution in [0.25, 0.3) is 0 Å². The van der Waals surface area contributed by atoms with Crippen LogP contribution >= 0.6 is 0 Å². The number of benzene rings is 1. The molecule has 1 saturated carbocycles. The van der Waals surface area contributed by atoms with Crippen LogP contribution in [0.3, 0.4) is 0 Å². The summed E-state index contributed by atoms with van der Waals surface area (Å²) in [7, 11) is 0. The zero-order chi connectivity index (χ0) is 19.8. The van der Waals surface area contributed by atoms with Crippen molar-refractivity contribution in [3.05, 3.63) is 64.1 Å². The summed E-state index contributed by atoms with van der Waals surface area (Å²) in [4.78, 5) is 28.0. The average molecular weight is 392 g/mol. The van der Waals surface area contributed by atoms with Crippen molar-refractivity contribution in [3.63, 3.8) is 0 Å². The van der Waals surface area contributed by atoms with Gasteiger partial charge in [0.25, 0.3) is 5.56 Å². The SMILES string of the molecule is O=C(Nc1ccccc1)N1CC2CC(C1)c1ccc(C3CCCCC3)c(=O)n1C2. The van der Waals surface area contributed by atoms with Crippen LogP contribution in [0, 0.1) is 5.92 Å². The predicted octanol–water partition coefficient (Wildman–Crippen LogP) is 4.55. The van der Waals surface area contributed by atoms with E-state index in [1.165, 1.54) is 19.3 Å². The molecule has 1 aliphatic carbocycles. The molecule has 0 spiro atoms. The molecule has 2 amide bonds. The summed E-state index contributed by atoms with van der Waals surface area (Å²) in [5, 5.41) is 3.01. The second-order valence-corrected chi connectivity index (χ2v) is 8.96. The highest BCUT2D eigenvalue weighted by atomic mass is 16.2. The number of para-hydroxylation sites is 1. The van der Waals surface area contributed by atoms with Crippen molar-refractivity contribution in [2.24, 2.45) is 5.92 Å². The Morgan fingerprint density at radius 2 is 1.69 bits per heavy atom. The van der Waals surface area contributed by atoms with E-state index in [2.05, 4.69) is 17.4 Å². The lowest BCUT2D eigenvalue weighted by atomic mass is 9.81. The first kappa shape index (κ1) is 18.5. The molecule has 2 aromatic rings. The van der Waals surface area contributed by atoms with Gasteiger partial charge in [-0.2, -0.15) is 0 Å². The van der Waals surface area contributed by atoms with Crippen LogP contribution < -0.4 is 10.9 Å². The maximum absolute atomic E-state index is 13.3. The van der Waals surface area contributed by atoms with E-state index in [9.17, 15) is 9.59 Å². The van der Waals surface area contributed by atoms with Crippen LogP contribution in [0.4, 0.5) is 10.5 Å². The van der Waals surface area contributed by atoms with Crippen LogP contribution in [0.5, 0.6) is 0 Å². The maximum Gasteiger partial charge on any atom is 0.321 e. The van der Waals surface area contributed by atoms with Crippen molar-refractivity contribution in [3.8, 4) is 0 Å². The number of amides is 2. The molecule has 0 radical (unpaired) electrons. The molecular weight excluding hydrogens is 362 g/mol. The molecule has 1 aromatic carbocycles. The zero-order valence-corrected chi connectivity index (χ0v) is 16.8. The van der Waals surface area contributed by atoms with Crippen molar-refractivity contribution >= 4 is 11.7 Å². The van der Waals surface area contributed by atoms with Crippen molar-refractivity contribution in [1.29, 1.82) is 0 Å². The molecule has 3 heterocycles. The molecule has 5 rings (SSSR count). The monoisotopic (exact) mass is 391 g/mol. The lowest BCUT2D eigenvalue weighted by Gasteiger charge is -2.43. The smallest absolute Gasteiger partial charge is 0.321 e. The Kier molecular flexibility index (Phi) is 4.90. The van der Waals surface area contributed by atoms with E-state index in [1.54, 1.807) is 0 Å². The summed E-state index contributed by atoms with van der Waals surface area (Å²) in [6.07, 6.45) is 7.14. The fourth-order valence-corrected chi connectivity index (χ4v) is 5.58. The van der Waals surface area contributed by atoms with Gasteiger partial charge in [-0.1, -0.05) is 43.5 Å². The zero-order valence-electron chi connectivity index (χ0n) is 16.8. The van der Waals surface area contributed by atoms with Crippen molar-refractivity contribution in [1.82, 2.24) is 9.47 Å². The van der Waals surface area contributed by atoms with Crippen LogP contribution in [0.15, 0.2) is 47.3 Å². The van der Waals surface area contributed by atoms with Gasteiger partial charge in [-0.25, -0.2) is 4.79 Å². The van der Waals surface area contributed by atoms with Crippen LogP contribution in [-0.2, 0) is 6.54 Å². The molecule has 2 atom stereocenters. The number of pyridine rings is 1. The number of urea groups is 1. The van der Waals surface area contributed by atoms with E-state index in [0.717, 1.165) is 42.8 Å². The Balaban J connectivity index is 1.36. The van der Waals surface area contributed by atoms with Crippen molar-refractivity contribution < 1.29 is 4.79 Å². The minimum atomic E-state index is -0.0412. The van der Waals surface area contributed by atoms with Gasteiger partial charge in [0.2, 0.25) is 0 Å². The van der Waals surface area contributed by atoms with Gasteiger partial charge in [-0.3, -0.25) is 4.79 Å². The van der Waals surface area contributed by atoms with Gasteiger partial charge in [0.15, 0.2) is 0 Å². The third-order valence-corrected chi connectivity index (χ3v) is 6.99. The van der Waals surface area contributed by atoms with Gasteiger partial charge in [-0.05, 0) is 49.3 Å². The fraction of sp³-hybridized carbons (Fsp3) is 0.500. The van der Waals surface area contributed by atoms with Gasteiger partial charge in [-0.15, -0.1) is 0 Å². The first-order valence-electron chi connectivity index (χ1n) is 11.0. The largest absolute Gasteiger partial charge is 0.324 e. The average Bonchev–Trinajstić information content (AvgIpc) is 2.76. The number of nitrogens with one attached hydrogen (secondary N) is 1. The van der Waals surface area contributed by atoms with Gasteiger partial charge < -0.3 is 14.8 Å². The summed E-state index contributed by atoms with van der Waals surface area (Å²) < 4.78 is 2.04. The second-order valence-electron chi connectivity index (χ2n) is 8.96. The summed E-state index contributed by atoms with van der Waals surface area (Å²) in [6.45, 7) is 2.13. The minimum absolute atomic E-state index is 0.0412. The van der Waals surface area contributed by atoms with E-state index in [4.69, 9.17) is 0 Å². The Labute approximate surface area is 171 Å². The van der Waals surface area contributed by atoms with Gasteiger partial charge in [0.05, 0.1) is 0 Å². The summed E-state index contributed by atoms with van der Waals surface area (Å²) >= 11 is 0. The molecule has 1 aromatic heterocycles. The molecule has 1 saturated heterocycles. The molecule has 2 aliphatic heterocycles. The number of anilines is 1. The second kappa shape index (κ2) is 7.69. The van der Waals surface area contributed by atoms with Gasteiger partial charge in [0.1, 0.15) is 0 Å². The molecule has 152 valence electrons. The molecule has 5 nitrogen and oxygen atoms in total. The highest BCUT2D eigenvalue weighted by molar-refractivity contribution is 5.89. The molecular formula is C24H29N3O2. The first-order valence-corrected chi connectivity index (χ1v) is 11.0. The first-order chi connectivity index (χ1) is 14.2. The number of carbonyl (C=O) groups is 1. The Hall–Kier alpha value is -2.56. The normalized spacial score (nSPS) is 24.1. The van der Waals surface area contributed by atoms with Gasteiger partial charge in [0, 0.05) is 42.5 Å². The standard InChI is InChI=1S/C24H29N3O2/c28-23-21(18-7-3-1-4-8-18)11-12-22-19-13-17(15-27(22)23)14-26(16-19)24(29)25-20-9-5-2-6-10-20/h2,5-6,9-12,17-19H,1,3-4,7-8,13-16H2,(H,25,29). The Morgan fingerprint density at radius 1 is 0.897 bits per heavy atom. The lowest BCUT2D eigenvalue weighted by Crippen LogP contribution is -2.50. The number of carbonyl (C=O) groups excluding carboxylic acids is 1. The van der Waals surface area contributed by atoms with E-state index in [-0.39, 0.29) is 17.5 Å². The third kappa shape index (κ3) is 3.59. The van der Waals surface area contributed by atoms with Crippen LogP contribution in [-0.4, -0.2) is 28.6 Å². The maximum atomic E-state index is 13.3. The number of nitrogens with zero attached hydrogens (tertiary/aromatic N) is 2. The molecule has 2 bridgehead atoms. The van der Waals surface area contributed by atoms with Crippen LogP contribution in [0.1, 0.15) is 61.6 Å². The summed E-state index contributed by atoms with van der Waals surface area (Å²) in [6, 6.07) is 13.8. The van der Waals surface area contributed by atoms with E-state index >= 15 is 0 Å². The molecule has 2 fully saturated rings. The molecule has 5 heteroatoms. The Bertz CT molecular complexity index is 946. The van der Waals surface area contributed by atoms with Gasteiger partial charge >= 0.3 is 6.03 Å². The number of hydrogen-bond donors (Lipinski definition) is 1. The third-order valence-electron chi connectivity index (χ3n) is 6.99. The summed E-state index contributed by atoms with van der Waals surface area (Å²) in [5.74, 6) is 1.03. The Morgan fingerprint density at radius 3 is 2.48 bits per heavy atom. The molecule has 29 heavy (non-hydrogen) atoms. The number of likely N-dealkylation sites (tertiary alicyclic amines) is 1. The van der Waals surface area contributed by atoms with Crippen LogP contribution in [0.2, 0.25) is 0 Å². The number of aromatic nitrogens is 1. The van der Waals surface area contributed by atoms with E-state index in [0.29, 0.717) is 24.9 Å². The van der Waals surface area contributed by atoms with Crippen molar-refractivity contribution in [2.45, 2.75) is 56.9 Å². The molecule has 2 unspecified atom stereocenters. The highest BCUT2D eigenvalue weighted by Crippen LogP contribution is 2.37. The number of rotatable bonds is 2.